The average Bonchev–Trinajstić information content (AvgIpc) is 2.89. The van der Waals surface area contributed by atoms with Gasteiger partial charge in [-0.1, -0.05) is 103 Å². The van der Waals surface area contributed by atoms with Gasteiger partial charge in [0, 0.05) is 23.9 Å². The number of hydrogen-bond acceptors (Lipinski definition) is 7. The fraction of sp³-hybridized carbons (Fsp3) is 0.733. The molecule has 0 saturated heterocycles. The van der Waals surface area contributed by atoms with E-state index in [9.17, 15) is 14.7 Å². The topological polar surface area (TPSA) is 85.3 Å². The lowest BCUT2D eigenvalue weighted by atomic mass is 10.0. The van der Waals surface area contributed by atoms with Gasteiger partial charge >= 0.3 is 11.9 Å². The van der Waals surface area contributed by atoms with E-state index in [1.54, 1.807) is 6.07 Å². The third kappa shape index (κ3) is 16.8. The summed E-state index contributed by atoms with van der Waals surface area (Å²) in [6, 6.07) is 4.72. The minimum Gasteiger partial charge on any atom is -0.508 e. The summed E-state index contributed by atoms with van der Waals surface area (Å²) in [7, 11) is 2.57. The van der Waals surface area contributed by atoms with Crippen molar-refractivity contribution in [3.05, 3.63) is 18.2 Å². The number of benzene rings is 1. The second-order valence-corrected chi connectivity index (χ2v) is 9.85. The van der Waals surface area contributed by atoms with Crippen LogP contribution in [0.15, 0.2) is 18.2 Å². The van der Waals surface area contributed by atoms with Gasteiger partial charge in [0.1, 0.15) is 24.6 Å². The molecule has 0 saturated carbocycles. The number of rotatable bonds is 23. The first kappa shape index (κ1) is 32.6. The molecule has 0 aliphatic heterocycles. The van der Waals surface area contributed by atoms with Crippen molar-refractivity contribution >= 4 is 17.6 Å². The molecule has 0 atom stereocenters. The Morgan fingerprint density at radius 3 is 1.54 bits per heavy atom. The molecule has 0 bridgehead atoms. The Hall–Kier alpha value is -2.44. The smallest absolute Gasteiger partial charge is 0.325 e. The standard InChI is InChI=1S/C30H51NO6/c1-4-5-6-7-8-9-10-11-12-13-14-15-16-17-18-19-20-37-28-22-26(21-27(32)23-28)31(24-29(33)35-2)25-30(34)36-3/h21-23,32H,4-20,24-25H2,1-3H3. The summed E-state index contributed by atoms with van der Waals surface area (Å²) in [4.78, 5) is 25.0. The van der Waals surface area contributed by atoms with Crippen LogP contribution in [-0.2, 0) is 19.1 Å². The lowest BCUT2D eigenvalue weighted by molar-refractivity contribution is -0.140. The van der Waals surface area contributed by atoms with Crippen LogP contribution in [0.2, 0.25) is 0 Å². The van der Waals surface area contributed by atoms with Crippen LogP contribution < -0.4 is 9.64 Å². The maximum atomic E-state index is 11.8. The molecule has 1 aromatic carbocycles. The molecule has 0 spiro atoms. The lowest BCUT2D eigenvalue weighted by Gasteiger charge is -2.23. The molecule has 212 valence electrons. The van der Waals surface area contributed by atoms with Gasteiger partial charge in [-0.3, -0.25) is 9.59 Å². The van der Waals surface area contributed by atoms with Gasteiger partial charge in [0.15, 0.2) is 0 Å². The zero-order chi connectivity index (χ0) is 27.1. The molecule has 7 heteroatoms. The summed E-state index contributed by atoms with van der Waals surface area (Å²) in [5.74, 6) is -0.499. The number of carbonyl (C=O) groups excluding carboxylic acids is 2. The Morgan fingerprint density at radius 1 is 0.676 bits per heavy atom. The molecule has 37 heavy (non-hydrogen) atoms. The molecule has 0 amide bonds. The van der Waals surface area contributed by atoms with Crippen LogP contribution in [0.3, 0.4) is 0 Å². The molecular formula is C30H51NO6. The molecule has 0 radical (unpaired) electrons. The van der Waals surface area contributed by atoms with E-state index in [1.165, 1.54) is 121 Å². The Kier molecular flexibility index (Phi) is 19.0. The van der Waals surface area contributed by atoms with Crippen molar-refractivity contribution in [1.29, 1.82) is 0 Å². The number of esters is 2. The molecule has 1 rings (SSSR count). The third-order valence-corrected chi connectivity index (χ3v) is 6.60. The summed E-state index contributed by atoms with van der Waals surface area (Å²) in [6.45, 7) is 2.53. The molecule has 0 unspecified atom stereocenters. The fourth-order valence-corrected chi connectivity index (χ4v) is 4.35. The first-order valence-electron chi connectivity index (χ1n) is 14.4. The van der Waals surface area contributed by atoms with Gasteiger partial charge in [0.2, 0.25) is 0 Å². The number of methoxy groups -OCH3 is 2. The first-order chi connectivity index (χ1) is 18.0. The van der Waals surface area contributed by atoms with E-state index < -0.39 is 11.9 Å². The Morgan fingerprint density at radius 2 is 1.11 bits per heavy atom. The van der Waals surface area contributed by atoms with Crippen molar-refractivity contribution in [2.24, 2.45) is 0 Å². The quantitative estimate of drug-likeness (QED) is 0.120. The van der Waals surface area contributed by atoms with Crippen molar-refractivity contribution in [3.8, 4) is 11.5 Å². The van der Waals surface area contributed by atoms with E-state index in [0.29, 0.717) is 18.0 Å². The van der Waals surface area contributed by atoms with Crippen LogP contribution in [0.4, 0.5) is 5.69 Å². The third-order valence-electron chi connectivity index (χ3n) is 6.60. The number of carbonyl (C=O) groups is 2. The van der Waals surface area contributed by atoms with E-state index in [0.717, 1.165) is 12.8 Å². The van der Waals surface area contributed by atoms with E-state index in [-0.39, 0.29) is 18.8 Å². The molecule has 0 heterocycles. The highest BCUT2D eigenvalue weighted by Crippen LogP contribution is 2.28. The molecule has 0 aliphatic carbocycles. The van der Waals surface area contributed by atoms with Gasteiger partial charge in [0.05, 0.1) is 20.8 Å². The van der Waals surface area contributed by atoms with Crippen molar-refractivity contribution in [2.45, 2.75) is 110 Å². The zero-order valence-corrected chi connectivity index (χ0v) is 23.6. The van der Waals surface area contributed by atoms with Crippen LogP contribution in [0, 0.1) is 0 Å². The maximum absolute atomic E-state index is 11.8. The van der Waals surface area contributed by atoms with Gasteiger partial charge in [0.25, 0.3) is 0 Å². The lowest BCUT2D eigenvalue weighted by Crippen LogP contribution is -2.35. The van der Waals surface area contributed by atoms with Crippen LogP contribution in [0.5, 0.6) is 11.5 Å². The molecule has 0 aromatic heterocycles. The number of anilines is 1. The Labute approximate surface area is 224 Å². The summed E-state index contributed by atoms with van der Waals surface area (Å²) < 4.78 is 15.3. The van der Waals surface area contributed by atoms with Gasteiger partial charge in [-0.15, -0.1) is 0 Å². The van der Waals surface area contributed by atoms with E-state index in [4.69, 9.17) is 14.2 Å². The molecule has 1 aromatic rings. The molecule has 1 N–H and O–H groups in total. The van der Waals surface area contributed by atoms with Crippen LogP contribution in [0.1, 0.15) is 110 Å². The van der Waals surface area contributed by atoms with E-state index in [2.05, 4.69) is 6.92 Å². The average molecular weight is 522 g/mol. The molecule has 7 nitrogen and oxygen atoms in total. The summed E-state index contributed by atoms with van der Waals surface area (Å²) in [6.07, 6.45) is 21.1. The zero-order valence-electron chi connectivity index (χ0n) is 23.6. The molecule has 0 aliphatic rings. The summed E-state index contributed by atoms with van der Waals surface area (Å²) >= 11 is 0. The van der Waals surface area contributed by atoms with Crippen LogP contribution in [-0.4, -0.2) is 51.0 Å². The van der Waals surface area contributed by atoms with Crippen molar-refractivity contribution in [3.63, 3.8) is 0 Å². The van der Waals surface area contributed by atoms with Crippen LogP contribution in [0.25, 0.3) is 0 Å². The number of phenols is 1. The van der Waals surface area contributed by atoms with Gasteiger partial charge in [-0.2, -0.15) is 0 Å². The van der Waals surface area contributed by atoms with Crippen molar-refractivity contribution in [2.75, 3.05) is 38.8 Å². The second-order valence-electron chi connectivity index (χ2n) is 9.85. The predicted octanol–water partition coefficient (Wildman–Crippen LogP) is 7.18. The normalized spacial score (nSPS) is 10.8. The minimum absolute atomic E-state index is 0.000736. The first-order valence-corrected chi connectivity index (χ1v) is 14.4. The number of unbranched alkanes of at least 4 members (excludes halogenated alkanes) is 15. The van der Waals surface area contributed by atoms with E-state index >= 15 is 0 Å². The number of phenolic OH excluding ortho intramolecular Hbond substituents is 1. The van der Waals surface area contributed by atoms with Crippen LogP contribution >= 0.6 is 0 Å². The van der Waals surface area contributed by atoms with Gasteiger partial charge in [-0.25, -0.2) is 0 Å². The maximum Gasteiger partial charge on any atom is 0.325 e. The van der Waals surface area contributed by atoms with Gasteiger partial charge in [-0.05, 0) is 6.42 Å². The summed E-state index contributed by atoms with van der Waals surface area (Å²) in [5.41, 5.74) is 0.484. The second kappa shape index (κ2) is 21.6. The summed E-state index contributed by atoms with van der Waals surface area (Å²) in [5, 5.41) is 10.1. The number of hydrogen-bond donors (Lipinski definition) is 1. The fourth-order valence-electron chi connectivity index (χ4n) is 4.35. The van der Waals surface area contributed by atoms with E-state index in [1.807, 2.05) is 0 Å². The molecule has 0 fully saturated rings. The number of ether oxygens (including phenoxy) is 3. The monoisotopic (exact) mass is 521 g/mol. The predicted molar refractivity (Wildman–Crippen MR) is 149 cm³/mol. The highest BCUT2D eigenvalue weighted by molar-refractivity contribution is 5.81. The molecular weight excluding hydrogens is 470 g/mol. The Bertz CT molecular complexity index is 721. The minimum atomic E-state index is -0.497. The largest absolute Gasteiger partial charge is 0.508 e. The highest BCUT2D eigenvalue weighted by atomic mass is 16.5. The van der Waals surface area contributed by atoms with Crippen molar-refractivity contribution < 1.29 is 28.9 Å². The van der Waals surface area contributed by atoms with Gasteiger partial charge < -0.3 is 24.2 Å². The number of nitrogens with zero attached hydrogens (tertiary/aromatic N) is 1. The Balaban J connectivity index is 2.19. The highest BCUT2D eigenvalue weighted by Gasteiger charge is 2.18. The van der Waals surface area contributed by atoms with Crippen molar-refractivity contribution in [1.82, 2.24) is 0 Å². The SMILES string of the molecule is CCCCCCCCCCCCCCCCCCOc1cc(O)cc(N(CC(=O)OC)CC(=O)OC)c1. The number of aromatic hydroxyl groups is 1.